The molecule has 0 amide bonds. The van der Waals surface area contributed by atoms with Crippen molar-refractivity contribution in [2.24, 2.45) is 5.11 Å². The highest BCUT2D eigenvalue weighted by molar-refractivity contribution is 5.60. The lowest BCUT2D eigenvalue weighted by Crippen LogP contribution is -1.90. The van der Waals surface area contributed by atoms with E-state index in [-0.39, 0.29) is 12.2 Å². The van der Waals surface area contributed by atoms with Gasteiger partial charge < -0.3 is 0 Å². The fraction of sp³-hybridized carbons (Fsp3) is 0.111. The van der Waals surface area contributed by atoms with Crippen molar-refractivity contribution in [1.29, 1.82) is 0 Å². The van der Waals surface area contributed by atoms with Crippen molar-refractivity contribution < 1.29 is 4.92 Å². The molecule has 0 aliphatic rings. The van der Waals surface area contributed by atoms with E-state index in [1.165, 1.54) is 6.07 Å². The first-order valence-electron chi connectivity index (χ1n) is 4.16. The number of para-hydroxylation sites is 1. The SMILES string of the molecule is [N-]=[N+]=NCC=Cc1ccccc1[N+](=O)[O-]. The van der Waals surface area contributed by atoms with Gasteiger partial charge in [-0.05, 0) is 11.6 Å². The molecule has 1 aromatic carbocycles. The van der Waals surface area contributed by atoms with Crippen LogP contribution in [0.5, 0.6) is 0 Å². The van der Waals surface area contributed by atoms with E-state index in [9.17, 15) is 10.1 Å². The average molecular weight is 204 g/mol. The number of rotatable bonds is 4. The summed E-state index contributed by atoms with van der Waals surface area (Å²) >= 11 is 0. The Kier molecular flexibility index (Phi) is 3.88. The van der Waals surface area contributed by atoms with Crippen molar-refractivity contribution in [2.45, 2.75) is 0 Å². The molecule has 15 heavy (non-hydrogen) atoms. The first-order chi connectivity index (χ1) is 7.25. The van der Waals surface area contributed by atoms with Gasteiger partial charge in [-0.15, -0.1) is 0 Å². The van der Waals surface area contributed by atoms with Crippen LogP contribution in [-0.4, -0.2) is 11.5 Å². The Morgan fingerprint density at radius 3 is 2.93 bits per heavy atom. The Bertz CT molecular complexity index is 435. The van der Waals surface area contributed by atoms with Gasteiger partial charge in [0.05, 0.1) is 10.5 Å². The second-order valence-corrected chi connectivity index (χ2v) is 2.63. The maximum absolute atomic E-state index is 10.6. The second-order valence-electron chi connectivity index (χ2n) is 2.63. The summed E-state index contributed by atoms with van der Waals surface area (Å²) in [6.07, 6.45) is 3.13. The number of benzene rings is 1. The van der Waals surface area contributed by atoms with Crippen LogP contribution >= 0.6 is 0 Å². The van der Waals surface area contributed by atoms with Gasteiger partial charge in [0.25, 0.3) is 5.69 Å². The number of hydrogen-bond donors (Lipinski definition) is 0. The quantitative estimate of drug-likeness (QED) is 0.248. The maximum atomic E-state index is 10.6. The summed E-state index contributed by atoms with van der Waals surface area (Å²) in [5.74, 6) is 0. The molecule has 0 N–H and O–H groups in total. The Morgan fingerprint density at radius 2 is 2.27 bits per heavy atom. The summed E-state index contributed by atoms with van der Waals surface area (Å²) in [4.78, 5) is 12.7. The standard InChI is InChI=1S/C9H8N4O2/c10-12-11-7-3-5-8-4-1-2-6-9(8)13(14)15/h1-6H,7H2. The van der Waals surface area contributed by atoms with Gasteiger partial charge in [-0.25, -0.2) is 0 Å². The summed E-state index contributed by atoms with van der Waals surface area (Å²) in [5, 5.41) is 13.9. The molecule has 0 radical (unpaired) electrons. The van der Waals surface area contributed by atoms with Crippen LogP contribution in [0.15, 0.2) is 35.5 Å². The van der Waals surface area contributed by atoms with Crippen LogP contribution in [-0.2, 0) is 0 Å². The van der Waals surface area contributed by atoms with Crippen LogP contribution in [0.4, 0.5) is 5.69 Å². The van der Waals surface area contributed by atoms with E-state index < -0.39 is 4.92 Å². The minimum Gasteiger partial charge on any atom is -0.258 e. The number of nitro benzene ring substituents is 1. The molecule has 6 nitrogen and oxygen atoms in total. The maximum Gasteiger partial charge on any atom is 0.276 e. The molecule has 0 aromatic heterocycles. The van der Waals surface area contributed by atoms with Crippen LogP contribution in [0.3, 0.4) is 0 Å². The van der Waals surface area contributed by atoms with E-state index in [0.29, 0.717) is 5.56 Å². The number of nitrogens with zero attached hydrogens (tertiary/aromatic N) is 4. The fourth-order valence-electron chi connectivity index (χ4n) is 1.06. The van der Waals surface area contributed by atoms with Gasteiger partial charge in [0.2, 0.25) is 0 Å². The number of nitro groups is 1. The molecule has 0 fully saturated rings. The predicted molar refractivity (Wildman–Crippen MR) is 56.1 cm³/mol. The molecule has 0 bridgehead atoms. The van der Waals surface area contributed by atoms with Crippen LogP contribution < -0.4 is 0 Å². The molecule has 1 rings (SSSR count). The lowest BCUT2D eigenvalue weighted by molar-refractivity contribution is -0.385. The largest absolute Gasteiger partial charge is 0.276 e. The van der Waals surface area contributed by atoms with Gasteiger partial charge in [0.1, 0.15) is 0 Å². The molecular formula is C9H8N4O2. The number of azide groups is 1. The third-order valence-corrected chi connectivity index (χ3v) is 1.68. The zero-order valence-electron chi connectivity index (χ0n) is 7.78. The molecule has 0 spiro atoms. The molecule has 0 atom stereocenters. The van der Waals surface area contributed by atoms with Crippen LogP contribution in [0, 0.1) is 10.1 Å². The van der Waals surface area contributed by atoms with E-state index in [1.54, 1.807) is 30.4 Å². The summed E-state index contributed by atoms with van der Waals surface area (Å²) in [7, 11) is 0. The molecule has 0 saturated carbocycles. The lowest BCUT2D eigenvalue weighted by atomic mass is 10.1. The highest BCUT2D eigenvalue weighted by Gasteiger charge is 2.08. The summed E-state index contributed by atoms with van der Waals surface area (Å²) < 4.78 is 0. The molecule has 0 heterocycles. The van der Waals surface area contributed by atoms with Gasteiger partial charge in [-0.3, -0.25) is 10.1 Å². The normalized spacial score (nSPS) is 9.87. The van der Waals surface area contributed by atoms with Crippen LogP contribution in [0.2, 0.25) is 0 Å². The molecular weight excluding hydrogens is 196 g/mol. The molecule has 0 unspecified atom stereocenters. The molecule has 76 valence electrons. The summed E-state index contributed by atoms with van der Waals surface area (Å²) in [6.45, 7) is 0.183. The second kappa shape index (κ2) is 5.41. The van der Waals surface area contributed by atoms with E-state index in [4.69, 9.17) is 5.53 Å². The Labute approximate surface area is 85.6 Å². The van der Waals surface area contributed by atoms with Crippen LogP contribution in [0.1, 0.15) is 5.56 Å². The minimum absolute atomic E-state index is 0.0367. The third-order valence-electron chi connectivity index (χ3n) is 1.68. The molecule has 0 saturated heterocycles. The lowest BCUT2D eigenvalue weighted by Gasteiger charge is -1.95. The van der Waals surface area contributed by atoms with Gasteiger partial charge in [0.15, 0.2) is 0 Å². The van der Waals surface area contributed by atoms with Crippen molar-refractivity contribution in [3.8, 4) is 0 Å². The summed E-state index contributed by atoms with van der Waals surface area (Å²) in [5.41, 5.74) is 8.56. The van der Waals surface area contributed by atoms with E-state index in [2.05, 4.69) is 10.0 Å². The van der Waals surface area contributed by atoms with Gasteiger partial charge in [-0.2, -0.15) is 0 Å². The molecule has 1 aromatic rings. The Hall–Kier alpha value is -2.33. The number of hydrogen-bond acceptors (Lipinski definition) is 3. The first-order valence-corrected chi connectivity index (χ1v) is 4.16. The Morgan fingerprint density at radius 1 is 1.53 bits per heavy atom. The summed E-state index contributed by atoms with van der Waals surface area (Å²) in [6, 6.07) is 6.36. The molecule has 6 heteroatoms. The zero-order valence-corrected chi connectivity index (χ0v) is 7.78. The van der Waals surface area contributed by atoms with Crippen molar-refractivity contribution in [3.63, 3.8) is 0 Å². The van der Waals surface area contributed by atoms with Crippen molar-refractivity contribution >= 4 is 11.8 Å². The van der Waals surface area contributed by atoms with Crippen LogP contribution in [0.25, 0.3) is 16.5 Å². The van der Waals surface area contributed by atoms with E-state index >= 15 is 0 Å². The highest BCUT2D eigenvalue weighted by atomic mass is 16.6. The zero-order chi connectivity index (χ0) is 11.1. The smallest absolute Gasteiger partial charge is 0.258 e. The van der Waals surface area contributed by atoms with Crippen molar-refractivity contribution in [1.82, 2.24) is 0 Å². The minimum atomic E-state index is -0.451. The van der Waals surface area contributed by atoms with Gasteiger partial charge in [0, 0.05) is 17.5 Å². The topological polar surface area (TPSA) is 91.9 Å². The average Bonchev–Trinajstić information content (AvgIpc) is 2.25. The molecule has 0 aliphatic heterocycles. The van der Waals surface area contributed by atoms with Gasteiger partial charge >= 0.3 is 0 Å². The van der Waals surface area contributed by atoms with Crippen molar-refractivity contribution in [3.05, 3.63) is 56.5 Å². The fourth-order valence-corrected chi connectivity index (χ4v) is 1.06. The highest BCUT2D eigenvalue weighted by Crippen LogP contribution is 2.18. The van der Waals surface area contributed by atoms with E-state index in [0.717, 1.165) is 0 Å². The van der Waals surface area contributed by atoms with Gasteiger partial charge in [-0.1, -0.05) is 29.4 Å². The first kappa shape index (κ1) is 10.7. The third kappa shape index (κ3) is 3.13. The van der Waals surface area contributed by atoms with Crippen molar-refractivity contribution in [2.75, 3.05) is 6.54 Å². The molecule has 0 aliphatic carbocycles. The predicted octanol–water partition coefficient (Wildman–Crippen LogP) is 2.92. The monoisotopic (exact) mass is 204 g/mol. The van der Waals surface area contributed by atoms with E-state index in [1.807, 2.05) is 0 Å². The Balaban J connectivity index is 2.88.